The Bertz CT molecular complexity index is 284. The van der Waals surface area contributed by atoms with Gasteiger partial charge in [0.05, 0.1) is 0 Å². The topological polar surface area (TPSA) is 26.3 Å². The predicted octanol–water partition coefficient (Wildman–Crippen LogP) is 2.14. The van der Waals surface area contributed by atoms with Crippen LogP contribution in [-0.2, 0) is 4.79 Å². The van der Waals surface area contributed by atoms with Crippen LogP contribution in [0.1, 0.15) is 5.56 Å². The molecule has 0 amide bonds. The molecule has 0 aliphatic carbocycles. The fourth-order valence-corrected chi connectivity index (χ4v) is 1.11. The molecular formula is C9H8ClO2. The highest BCUT2D eigenvalue weighted by atomic mass is 35.5. The van der Waals surface area contributed by atoms with Crippen LogP contribution in [0.2, 0.25) is 5.02 Å². The van der Waals surface area contributed by atoms with Crippen LogP contribution in [0.5, 0.6) is 5.75 Å². The third-order valence-electron chi connectivity index (χ3n) is 1.42. The number of aryl methyl sites for hydroxylation is 1. The van der Waals surface area contributed by atoms with Crippen molar-refractivity contribution >= 4 is 17.9 Å². The first-order valence-electron chi connectivity index (χ1n) is 3.48. The summed E-state index contributed by atoms with van der Waals surface area (Å²) >= 11 is 5.72. The molecule has 0 saturated heterocycles. The molecule has 0 fully saturated rings. The Labute approximate surface area is 76.1 Å². The summed E-state index contributed by atoms with van der Waals surface area (Å²) in [5.41, 5.74) is 0.915. The van der Waals surface area contributed by atoms with Crippen LogP contribution in [0, 0.1) is 6.92 Å². The average Bonchev–Trinajstić information content (AvgIpc) is 2.03. The molecule has 12 heavy (non-hydrogen) atoms. The minimum absolute atomic E-state index is 0.0392. The normalized spacial score (nSPS) is 9.50. The summed E-state index contributed by atoms with van der Waals surface area (Å²) in [4.78, 5) is 9.88. The fraction of sp³-hybridized carbons (Fsp3) is 0.222. The van der Waals surface area contributed by atoms with Crippen molar-refractivity contribution in [2.75, 3.05) is 6.61 Å². The maximum Gasteiger partial charge on any atom is 0.239 e. The van der Waals surface area contributed by atoms with Gasteiger partial charge in [0.1, 0.15) is 5.75 Å². The van der Waals surface area contributed by atoms with E-state index in [1.165, 1.54) is 0 Å². The zero-order valence-electron chi connectivity index (χ0n) is 6.63. The molecule has 1 aromatic carbocycles. The van der Waals surface area contributed by atoms with Crippen molar-refractivity contribution in [2.24, 2.45) is 0 Å². The first-order valence-corrected chi connectivity index (χ1v) is 3.86. The number of benzene rings is 1. The molecule has 0 atom stereocenters. The lowest BCUT2D eigenvalue weighted by Crippen LogP contribution is -1.98. The van der Waals surface area contributed by atoms with E-state index in [0.717, 1.165) is 5.56 Å². The van der Waals surface area contributed by atoms with E-state index < -0.39 is 0 Å². The highest BCUT2D eigenvalue weighted by Gasteiger charge is 1.98. The van der Waals surface area contributed by atoms with Gasteiger partial charge in [-0.3, -0.25) is 4.79 Å². The second-order valence-corrected chi connectivity index (χ2v) is 2.78. The first-order chi connectivity index (χ1) is 5.74. The predicted molar refractivity (Wildman–Crippen MR) is 47.4 cm³/mol. The molecule has 0 N–H and O–H groups in total. The van der Waals surface area contributed by atoms with E-state index in [-0.39, 0.29) is 6.61 Å². The van der Waals surface area contributed by atoms with Gasteiger partial charge in [0.25, 0.3) is 0 Å². The van der Waals surface area contributed by atoms with Gasteiger partial charge < -0.3 is 4.74 Å². The van der Waals surface area contributed by atoms with E-state index in [9.17, 15) is 4.79 Å². The zero-order chi connectivity index (χ0) is 8.97. The van der Waals surface area contributed by atoms with Crippen molar-refractivity contribution in [1.29, 1.82) is 0 Å². The molecule has 0 aliphatic heterocycles. The number of carbonyl (C=O) groups excluding carboxylic acids is 1. The van der Waals surface area contributed by atoms with Gasteiger partial charge in [0.15, 0.2) is 6.61 Å². The van der Waals surface area contributed by atoms with Crippen molar-refractivity contribution in [3.05, 3.63) is 28.8 Å². The monoisotopic (exact) mass is 183 g/mol. The van der Waals surface area contributed by atoms with E-state index in [1.807, 2.05) is 6.92 Å². The van der Waals surface area contributed by atoms with Gasteiger partial charge in [-0.15, -0.1) is 0 Å². The quantitative estimate of drug-likeness (QED) is 0.718. The smallest absolute Gasteiger partial charge is 0.239 e. The number of ether oxygens (including phenoxy) is 1. The Balaban J connectivity index is 2.78. The van der Waals surface area contributed by atoms with E-state index in [0.29, 0.717) is 10.8 Å². The Morgan fingerprint density at radius 3 is 2.92 bits per heavy atom. The first kappa shape index (κ1) is 9.07. The minimum Gasteiger partial charge on any atom is -0.485 e. The van der Waals surface area contributed by atoms with Crippen molar-refractivity contribution in [3.63, 3.8) is 0 Å². The summed E-state index contributed by atoms with van der Waals surface area (Å²) in [6.45, 7) is 1.83. The molecule has 0 spiro atoms. The van der Waals surface area contributed by atoms with E-state index in [1.54, 1.807) is 24.5 Å². The van der Waals surface area contributed by atoms with Crippen LogP contribution in [0.4, 0.5) is 0 Å². The van der Waals surface area contributed by atoms with Gasteiger partial charge in [-0.05, 0) is 30.7 Å². The zero-order valence-corrected chi connectivity index (χ0v) is 7.39. The highest BCUT2D eigenvalue weighted by Crippen LogP contribution is 2.21. The van der Waals surface area contributed by atoms with Crippen LogP contribution in [-0.4, -0.2) is 12.9 Å². The SMILES string of the molecule is Cc1cc(Cl)ccc1OC[C]=O. The maximum atomic E-state index is 9.88. The van der Waals surface area contributed by atoms with E-state index in [4.69, 9.17) is 16.3 Å². The largest absolute Gasteiger partial charge is 0.485 e. The summed E-state index contributed by atoms with van der Waals surface area (Å²) in [5.74, 6) is 0.669. The average molecular weight is 184 g/mol. The number of halogens is 1. The van der Waals surface area contributed by atoms with Crippen molar-refractivity contribution in [1.82, 2.24) is 0 Å². The van der Waals surface area contributed by atoms with Gasteiger partial charge in [0, 0.05) is 5.02 Å². The van der Waals surface area contributed by atoms with Crippen LogP contribution in [0.25, 0.3) is 0 Å². The fourth-order valence-electron chi connectivity index (χ4n) is 0.882. The molecular weight excluding hydrogens is 176 g/mol. The van der Waals surface area contributed by atoms with E-state index >= 15 is 0 Å². The number of rotatable bonds is 3. The summed E-state index contributed by atoms with van der Waals surface area (Å²) in [6, 6.07) is 5.23. The maximum absolute atomic E-state index is 9.88. The summed E-state index contributed by atoms with van der Waals surface area (Å²) in [7, 11) is 0. The lowest BCUT2D eigenvalue weighted by molar-refractivity contribution is 0.362. The lowest BCUT2D eigenvalue weighted by atomic mass is 10.2. The molecule has 0 aliphatic rings. The minimum atomic E-state index is -0.0392. The van der Waals surface area contributed by atoms with E-state index in [2.05, 4.69) is 0 Å². The molecule has 1 rings (SSSR count). The highest BCUT2D eigenvalue weighted by molar-refractivity contribution is 6.30. The van der Waals surface area contributed by atoms with Gasteiger partial charge in [-0.1, -0.05) is 11.6 Å². The van der Waals surface area contributed by atoms with Gasteiger partial charge >= 0.3 is 0 Å². The molecule has 0 unspecified atom stereocenters. The molecule has 0 bridgehead atoms. The second-order valence-electron chi connectivity index (χ2n) is 2.34. The van der Waals surface area contributed by atoms with Gasteiger partial charge in [0.2, 0.25) is 6.29 Å². The molecule has 2 nitrogen and oxygen atoms in total. The summed E-state index contributed by atoms with van der Waals surface area (Å²) < 4.78 is 5.06. The number of hydrogen-bond acceptors (Lipinski definition) is 2. The molecule has 1 radical (unpaired) electrons. The third-order valence-corrected chi connectivity index (χ3v) is 1.66. The third kappa shape index (κ3) is 2.24. The van der Waals surface area contributed by atoms with Crippen LogP contribution >= 0.6 is 11.6 Å². The van der Waals surface area contributed by atoms with Crippen molar-refractivity contribution in [2.45, 2.75) is 6.92 Å². The van der Waals surface area contributed by atoms with Crippen LogP contribution in [0.3, 0.4) is 0 Å². The Morgan fingerprint density at radius 2 is 2.33 bits per heavy atom. The van der Waals surface area contributed by atoms with Crippen molar-refractivity contribution in [3.8, 4) is 5.75 Å². The molecule has 1 aromatic rings. The summed E-state index contributed by atoms with van der Waals surface area (Å²) in [5, 5.41) is 0.662. The lowest BCUT2D eigenvalue weighted by Gasteiger charge is -2.04. The van der Waals surface area contributed by atoms with Gasteiger partial charge in [-0.25, -0.2) is 0 Å². The molecule has 0 heterocycles. The Kier molecular flexibility index (Phi) is 3.11. The molecule has 3 heteroatoms. The van der Waals surface area contributed by atoms with Crippen molar-refractivity contribution < 1.29 is 9.53 Å². The molecule has 0 aromatic heterocycles. The summed E-state index contributed by atoms with van der Waals surface area (Å²) in [6.07, 6.45) is 1.65. The Morgan fingerprint density at radius 1 is 1.58 bits per heavy atom. The van der Waals surface area contributed by atoms with Gasteiger partial charge in [-0.2, -0.15) is 0 Å². The molecule has 0 saturated carbocycles. The van der Waals surface area contributed by atoms with Crippen LogP contribution < -0.4 is 4.74 Å². The number of hydrogen-bond donors (Lipinski definition) is 0. The van der Waals surface area contributed by atoms with Crippen LogP contribution in [0.15, 0.2) is 18.2 Å². The second kappa shape index (κ2) is 4.12. The standard InChI is InChI=1S/C9H8ClO2/c1-7-6-8(10)2-3-9(7)12-5-4-11/h2-3,6H,5H2,1H3. The Hall–Kier alpha value is -1.02. The molecule has 63 valence electrons.